The van der Waals surface area contributed by atoms with Gasteiger partial charge in [-0.3, -0.25) is 4.79 Å². The number of hydrogen-bond donors (Lipinski definition) is 2. The Kier molecular flexibility index (Phi) is 5.38. The molecule has 2 aliphatic rings. The predicted octanol–water partition coefficient (Wildman–Crippen LogP) is 3.81. The van der Waals surface area contributed by atoms with Gasteiger partial charge in [-0.15, -0.1) is 0 Å². The second-order valence-electron chi connectivity index (χ2n) is 8.14. The maximum atomic E-state index is 13.6. The van der Waals surface area contributed by atoms with E-state index in [1.54, 1.807) is 0 Å². The molecule has 1 saturated heterocycles. The molecule has 31 heavy (non-hydrogen) atoms. The third kappa shape index (κ3) is 3.79. The molecule has 1 unspecified atom stereocenters. The summed E-state index contributed by atoms with van der Waals surface area (Å²) in [4.78, 5) is 25.2. The summed E-state index contributed by atoms with van der Waals surface area (Å²) in [6.07, 6.45) is 2.94. The highest BCUT2D eigenvalue weighted by molar-refractivity contribution is 6.01. The molecule has 2 aromatic carbocycles. The molecule has 0 aliphatic carbocycles. The second-order valence-corrected chi connectivity index (χ2v) is 8.14. The molecule has 1 atom stereocenters. The van der Waals surface area contributed by atoms with Crippen LogP contribution in [-0.4, -0.2) is 40.9 Å². The Morgan fingerprint density at radius 2 is 1.90 bits per heavy atom. The summed E-state index contributed by atoms with van der Waals surface area (Å²) in [5.41, 5.74) is 4.84. The van der Waals surface area contributed by atoms with Crippen LogP contribution in [0.2, 0.25) is 0 Å². The SMILES string of the molecule is CNc1nc(C2CCCN2)nc2c1CCN(C(=O)c1ccccc1-c1ccccc1)C2. The third-order valence-corrected chi connectivity index (χ3v) is 6.22. The average Bonchev–Trinajstić information content (AvgIpc) is 3.38. The molecule has 2 N–H and O–H groups in total. The summed E-state index contributed by atoms with van der Waals surface area (Å²) >= 11 is 0. The fourth-order valence-electron chi connectivity index (χ4n) is 4.60. The molecule has 6 heteroatoms. The van der Waals surface area contributed by atoms with Gasteiger partial charge in [-0.05, 0) is 43.0 Å². The zero-order valence-corrected chi connectivity index (χ0v) is 17.8. The third-order valence-electron chi connectivity index (χ3n) is 6.22. The van der Waals surface area contributed by atoms with Crippen LogP contribution >= 0.6 is 0 Å². The quantitative estimate of drug-likeness (QED) is 0.681. The minimum absolute atomic E-state index is 0.0512. The summed E-state index contributed by atoms with van der Waals surface area (Å²) in [7, 11) is 1.90. The van der Waals surface area contributed by atoms with Crippen LogP contribution in [-0.2, 0) is 13.0 Å². The van der Waals surface area contributed by atoms with E-state index in [0.717, 1.165) is 65.4 Å². The number of benzene rings is 2. The first-order valence-corrected chi connectivity index (χ1v) is 11.0. The molecule has 3 aromatic rings. The molecule has 3 heterocycles. The van der Waals surface area contributed by atoms with E-state index < -0.39 is 0 Å². The summed E-state index contributed by atoms with van der Waals surface area (Å²) in [5.74, 6) is 1.78. The Bertz CT molecular complexity index is 1090. The van der Waals surface area contributed by atoms with Crippen molar-refractivity contribution in [2.24, 2.45) is 0 Å². The second kappa shape index (κ2) is 8.47. The van der Waals surface area contributed by atoms with Crippen LogP contribution in [0.15, 0.2) is 54.6 Å². The normalized spacial score (nSPS) is 18.0. The summed E-state index contributed by atoms with van der Waals surface area (Å²) < 4.78 is 0. The molecule has 1 amide bonds. The van der Waals surface area contributed by atoms with E-state index in [4.69, 9.17) is 9.97 Å². The number of rotatable bonds is 4. The van der Waals surface area contributed by atoms with Crippen LogP contribution < -0.4 is 10.6 Å². The summed E-state index contributed by atoms with van der Waals surface area (Å²) in [6.45, 7) is 2.17. The van der Waals surface area contributed by atoms with E-state index in [1.807, 2.05) is 66.5 Å². The van der Waals surface area contributed by atoms with Gasteiger partial charge in [0.2, 0.25) is 0 Å². The lowest BCUT2D eigenvalue weighted by Crippen LogP contribution is -2.37. The zero-order valence-electron chi connectivity index (χ0n) is 17.8. The van der Waals surface area contributed by atoms with Crippen molar-refractivity contribution in [3.8, 4) is 11.1 Å². The molecule has 0 radical (unpaired) electrons. The predicted molar refractivity (Wildman–Crippen MR) is 122 cm³/mol. The fraction of sp³-hybridized carbons (Fsp3) is 0.320. The van der Waals surface area contributed by atoms with Gasteiger partial charge in [0.25, 0.3) is 5.91 Å². The van der Waals surface area contributed by atoms with Crippen molar-refractivity contribution in [2.45, 2.75) is 31.8 Å². The largest absolute Gasteiger partial charge is 0.373 e. The molecule has 1 aromatic heterocycles. The van der Waals surface area contributed by atoms with E-state index in [-0.39, 0.29) is 11.9 Å². The van der Waals surface area contributed by atoms with Gasteiger partial charge in [-0.25, -0.2) is 9.97 Å². The lowest BCUT2D eigenvalue weighted by molar-refractivity contribution is 0.0732. The molecule has 0 spiro atoms. The van der Waals surface area contributed by atoms with Gasteiger partial charge >= 0.3 is 0 Å². The van der Waals surface area contributed by atoms with Crippen LogP contribution in [0.1, 0.15) is 46.3 Å². The van der Waals surface area contributed by atoms with Crippen LogP contribution in [0.3, 0.4) is 0 Å². The minimum Gasteiger partial charge on any atom is -0.373 e. The van der Waals surface area contributed by atoms with Gasteiger partial charge in [0.05, 0.1) is 18.3 Å². The summed E-state index contributed by atoms with van der Waals surface area (Å²) in [6, 6.07) is 18.1. The Balaban J connectivity index is 1.46. The molecular formula is C25H27N5O. The van der Waals surface area contributed by atoms with Crippen molar-refractivity contribution < 1.29 is 4.79 Å². The maximum absolute atomic E-state index is 13.6. The Labute approximate surface area is 182 Å². The lowest BCUT2D eigenvalue weighted by Gasteiger charge is -2.30. The Hall–Kier alpha value is -3.25. The molecule has 0 saturated carbocycles. The Morgan fingerprint density at radius 3 is 2.68 bits per heavy atom. The average molecular weight is 414 g/mol. The van der Waals surface area contributed by atoms with Gasteiger partial charge in [0.15, 0.2) is 0 Å². The molecule has 1 fully saturated rings. The Morgan fingerprint density at radius 1 is 1.10 bits per heavy atom. The first-order chi connectivity index (χ1) is 15.2. The highest BCUT2D eigenvalue weighted by Crippen LogP contribution is 2.30. The van der Waals surface area contributed by atoms with E-state index >= 15 is 0 Å². The van der Waals surface area contributed by atoms with E-state index in [1.165, 1.54) is 0 Å². The minimum atomic E-state index is 0.0512. The van der Waals surface area contributed by atoms with Gasteiger partial charge in [-0.2, -0.15) is 0 Å². The van der Waals surface area contributed by atoms with Gasteiger partial charge in [0, 0.05) is 24.7 Å². The van der Waals surface area contributed by atoms with Crippen LogP contribution in [0, 0.1) is 0 Å². The number of nitrogens with one attached hydrogen (secondary N) is 2. The first-order valence-electron chi connectivity index (χ1n) is 11.0. The fourth-order valence-corrected chi connectivity index (χ4v) is 4.60. The molecular weight excluding hydrogens is 386 g/mol. The number of nitrogens with zero attached hydrogens (tertiary/aromatic N) is 3. The molecule has 5 rings (SSSR count). The lowest BCUT2D eigenvalue weighted by atomic mass is 9.97. The molecule has 6 nitrogen and oxygen atoms in total. The highest BCUT2D eigenvalue weighted by Gasteiger charge is 2.29. The van der Waals surface area contributed by atoms with Crippen LogP contribution in [0.5, 0.6) is 0 Å². The van der Waals surface area contributed by atoms with Crippen LogP contribution in [0.25, 0.3) is 11.1 Å². The highest BCUT2D eigenvalue weighted by atomic mass is 16.2. The number of amides is 1. The van der Waals surface area contributed by atoms with Crippen molar-refractivity contribution in [1.29, 1.82) is 0 Å². The number of anilines is 1. The van der Waals surface area contributed by atoms with Crippen molar-refractivity contribution in [3.63, 3.8) is 0 Å². The topological polar surface area (TPSA) is 70.2 Å². The van der Waals surface area contributed by atoms with E-state index in [9.17, 15) is 4.79 Å². The number of carbonyl (C=O) groups is 1. The maximum Gasteiger partial charge on any atom is 0.254 e. The van der Waals surface area contributed by atoms with E-state index in [2.05, 4.69) is 10.6 Å². The van der Waals surface area contributed by atoms with Gasteiger partial charge in [0.1, 0.15) is 11.6 Å². The van der Waals surface area contributed by atoms with Crippen molar-refractivity contribution in [2.75, 3.05) is 25.5 Å². The molecule has 158 valence electrons. The van der Waals surface area contributed by atoms with Gasteiger partial charge < -0.3 is 15.5 Å². The first kappa shape index (κ1) is 19.7. The van der Waals surface area contributed by atoms with Gasteiger partial charge in [-0.1, -0.05) is 48.5 Å². The van der Waals surface area contributed by atoms with Crippen LogP contribution in [0.4, 0.5) is 5.82 Å². The number of fused-ring (bicyclic) bond motifs is 1. The number of carbonyl (C=O) groups excluding carboxylic acids is 1. The summed E-state index contributed by atoms with van der Waals surface area (Å²) in [5, 5.41) is 6.73. The van der Waals surface area contributed by atoms with Crippen molar-refractivity contribution in [1.82, 2.24) is 20.2 Å². The standard InChI is InChI=1S/C25H27N5O/c1-26-23-20-13-15-30(16-22(20)28-24(29-23)21-12-7-14-27-21)25(31)19-11-6-5-10-18(19)17-8-3-2-4-9-17/h2-6,8-11,21,27H,7,12-16H2,1H3,(H,26,28,29). The van der Waals surface area contributed by atoms with Crippen molar-refractivity contribution in [3.05, 3.63) is 77.2 Å². The number of hydrogen-bond acceptors (Lipinski definition) is 5. The molecule has 0 bridgehead atoms. The monoisotopic (exact) mass is 413 g/mol. The zero-order chi connectivity index (χ0) is 21.2. The van der Waals surface area contributed by atoms with E-state index in [0.29, 0.717) is 13.1 Å². The molecule has 2 aliphatic heterocycles. The number of aromatic nitrogens is 2. The van der Waals surface area contributed by atoms with Crippen molar-refractivity contribution >= 4 is 11.7 Å². The smallest absolute Gasteiger partial charge is 0.254 e.